The van der Waals surface area contributed by atoms with Gasteiger partial charge in [-0.05, 0) is 29.4 Å². The van der Waals surface area contributed by atoms with Crippen LogP contribution < -0.4 is 5.19 Å². The van der Waals surface area contributed by atoms with Crippen molar-refractivity contribution in [1.29, 1.82) is 0 Å². The van der Waals surface area contributed by atoms with E-state index < -0.39 is 8.07 Å². The van der Waals surface area contributed by atoms with Gasteiger partial charge in [0.15, 0.2) is 0 Å². The summed E-state index contributed by atoms with van der Waals surface area (Å²) in [5, 5.41) is 11.5. The fourth-order valence-corrected chi connectivity index (χ4v) is 7.10. The van der Waals surface area contributed by atoms with Crippen molar-refractivity contribution >= 4 is 13.3 Å². The quantitative estimate of drug-likeness (QED) is 0.833. The fourth-order valence-electron chi connectivity index (χ4n) is 3.72. The number of aliphatic hydroxyl groups is 1. The second-order valence-corrected chi connectivity index (χ2v) is 11.6. The Labute approximate surface area is 128 Å². The molecule has 110 valence electrons. The van der Waals surface area contributed by atoms with Crippen molar-refractivity contribution in [2.24, 2.45) is 5.92 Å². The fraction of sp³-hybridized carbons (Fsp3) is 0.368. The molecule has 1 saturated carbocycles. The minimum absolute atomic E-state index is 0.322. The predicted molar refractivity (Wildman–Crippen MR) is 91.7 cm³/mol. The van der Waals surface area contributed by atoms with Gasteiger partial charge in [0.05, 0.1) is 8.07 Å². The zero-order valence-corrected chi connectivity index (χ0v) is 13.9. The molecule has 0 saturated heterocycles. The Bertz CT molecular complexity index is 579. The van der Waals surface area contributed by atoms with Crippen LogP contribution in [0, 0.1) is 5.92 Å². The molecule has 1 N–H and O–H groups in total. The Hall–Kier alpha value is -1.38. The highest BCUT2D eigenvalue weighted by atomic mass is 28.3. The maximum atomic E-state index is 10.0. The Kier molecular flexibility index (Phi) is 4.00. The van der Waals surface area contributed by atoms with Gasteiger partial charge in [0.25, 0.3) is 0 Å². The Morgan fingerprint density at radius 3 is 2.14 bits per heavy atom. The smallest absolute Gasteiger partial charge is 0.0862 e. The van der Waals surface area contributed by atoms with Gasteiger partial charge in [-0.3, -0.25) is 0 Å². The molecule has 2 aromatic rings. The van der Waals surface area contributed by atoms with Crippen LogP contribution in [0.25, 0.3) is 0 Å². The van der Waals surface area contributed by atoms with Gasteiger partial charge in [-0.15, -0.1) is 0 Å². The van der Waals surface area contributed by atoms with Gasteiger partial charge < -0.3 is 5.11 Å². The molecular formula is C19H24OSi. The van der Waals surface area contributed by atoms with Gasteiger partial charge in [-0.1, -0.05) is 78.9 Å². The standard InChI is InChI=1S/C19H24OSi/c1-21(2,16-11-7-4-8-12-16)19(14-20)18-13-17(18)15-9-5-3-6-10-15/h3-12,17-20H,13-14H2,1-2H3/t17-,18+,19+/m1/s1. The molecule has 1 aliphatic carbocycles. The highest BCUT2D eigenvalue weighted by molar-refractivity contribution is 6.91. The maximum absolute atomic E-state index is 10.0. The number of rotatable bonds is 5. The van der Waals surface area contributed by atoms with Crippen LogP contribution in [0.15, 0.2) is 60.7 Å². The minimum Gasteiger partial charge on any atom is -0.396 e. The second kappa shape index (κ2) is 5.78. The van der Waals surface area contributed by atoms with Crippen LogP contribution in [-0.4, -0.2) is 19.8 Å². The first kappa shape index (κ1) is 14.5. The maximum Gasteiger partial charge on any atom is 0.0862 e. The lowest BCUT2D eigenvalue weighted by atomic mass is 10.1. The van der Waals surface area contributed by atoms with E-state index >= 15 is 0 Å². The molecule has 3 atom stereocenters. The first-order valence-electron chi connectivity index (χ1n) is 7.86. The summed E-state index contributed by atoms with van der Waals surface area (Å²) in [4.78, 5) is 0. The van der Waals surface area contributed by atoms with E-state index in [2.05, 4.69) is 73.8 Å². The van der Waals surface area contributed by atoms with Crippen LogP contribution >= 0.6 is 0 Å². The van der Waals surface area contributed by atoms with Crippen molar-refractivity contribution < 1.29 is 5.11 Å². The van der Waals surface area contributed by atoms with Gasteiger partial charge >= 0.3 is 0 Å². The van der Waals surface area contributed by atoms with Crippen molar-refractivity contribution in [2.45, 2.75) is 31.0 Å². The van der Waals surface area contributed by atoms with E-state index in [-0.39, 0.29) is 0 Å². The van der Waals surface area contributed by atoms with Gasteiger partial charge in [0.2, 0.25) is 0 Å². The van der Waals surface area contributed by atoms with Crippen LogP contribution in [0.2, 0.25) is 18.6 Å². The molecule has 0 radical (unpaired) electrons. The van der Waals surface area contributed by atoms with Crippen molar-refractivity contribution in [1.82, 2.24) is 0 Å². The lowest BCUT2D eigenvalue weighted by Gasteiger charge is -2.32. The van der Waals surface area contributed by atoms with Gasteiger partial charge in [-0.2, -0.15) is 0 Å². The summed E-state index contributed by atoms with van der Waals surface area (Å²) in [6.07, 6.45) is 1.23. The summed E-state index contributed by atoms with van der Waals surface area (Å²) in [5.41, 5.74) is 1.89. The molecule has 0 bridgehead atoms. The topological polar surface area (TPSA) is 20.2 Å². The predicted octanol–water partition coefficient (Wildman–Crippen LogP) is 3.77. The zero-order valence-electron chi connectivity index (χ0n) is 12.9. The third kappa shape index (κ3) is 2.83. The van der Waals surface area contributed by atoms with E-state index in [0.29, 0.717) is 24.0 Å². The number of benzene rings is 2. The third-order valence-corrected chi connectivity index (χ3v) is 9.51. The van der Waals surface area contributed by atoms with Crippen LogP contribution in [-0.2, 0) is 0 Å². The first-order chi connectivity index (χ1) is 10.1. The van der Waals surface area contributed by atoms with Gasteiger partial charge in [0.1, 0.15) is 0 Å². The van der Waals surface area contributed by atoms with Crippen molar-refractivity contribution in [3.05, 3.63) is 66.2 Å². The largest absolute Gasteiger partial charge is 0.396 e. The molecule has 1 fully saturated rings. The van der Waals surface area contributed by atoms with Crippen LogP contribution in [0.1, 0.15) is 17.9 Å². The van der Waals surface area contributed by atoms with Crippen molar-refractivity contribution in [2.75, 3.05) is 6.61 Å². The first-order valence-corrected chi connectivity index (χ1v) is 10.9. The minimum atomic E-state index is -1.63. The summed E-state index contributed by atoms with van der Waals surface area (Å²) >= 11 is 0. The molecule has 3 rings (SSSR count). The summed E-state index contributed by atoms with van der Waals surface area (Å²) in [6.45, 7) is 5.13. The van der Waals surface area contributed by atoms with Crippen molar-refractivity contribution in [3.8, 4) is 0 Å². The van der Waals surface area contributed by atoms with E-state index in [0.717, 1.165) is 0 Å². The SMILES string of the molecule is C[Si](C)(c1ccccc1)[C@@H](CO)[C@H]1C[C@@H]1c1ccccc1. The van der Waals surface area contributed by atoms with Crippen molar-refractivity contribution in [3.63, 3.8) is 0 Å². The molecule has 2 heteroatoms. The molecule has 0 amide bonds. The Balaban J connectivity index is 1.81. The zero-order chi connectivity index (χ0) is 14.9. The van der Waals surface area contributed by atoms with Gasteiger partial charge in [-0.25, -0.2) is 0 Å². The average molecular weight is 296 g/mol. The van der Waals surface area contributed by atoms with Crippen LogP contribution in [0.5, 0.6) is 0 Å². The van der Waals surface area contributed by atoms with E-state index in [1.807, 2.05) is 0 Å². The lowest BCUT2D eigenvalue weighted by molar-refractivity contribution is 0.275. The average Bonchev–Trinajstić information content (AvgIpc) is 3.30. The molecule has 0 aliphatic heterocycles. The van der Waals surface area contributed by atoms with E-state index in [4.69, 9.17) is 0 Å². The molecule has 2 aromatic carbocycles. The lowest BCUT2D eigenvalue weighted by Crippen LogP contribution is -2.48. The highest BCUT2D eigenvalue weighted by Crippen LogP contribution is 2.56. The van der Waals surface area contributed by atoms with E-state index in [1.54, 1.807) is 0 Å². The Morgan fingerprint density at radius 2 is 1.57 bits per heavy atom. The Morgan fingerprint density at radius 1 is 1.00 bits per heavy atom. The normalized spacial score (nSPS) is 22.8. The number of hydrogen-bond donors (Lipinski definition) is 1. The van der Waals surface area contributed by atoms with Crippen LogP contribution in [0.4, 0.5) is 0 Å². The summed E-state index contributed by atoms with van der Waals surface area (Å²) in [5.74, 6) is 1.30. The molecule has 1 nitrogen and oxygen atoms in total. The molecular weight excluding hydrogens is 272 g/mol. The van der Waals surface area contributed by atoms with Crippen LogP contribution in [0.3, 0.4) is 0 Å². The molecule has 0 spiro atoms. The molecule has 0 heterocycles. The molecule has 0 aromatic heterocycles. The summed E-state index contributed by atoms with van der Waals surface area (Å²) in [7, 11) is -1.63. The summed E-state index contributed by atoms with van der Waals surface area (Å²) < 4.78 is 0. The molecule has 1 aliphatic rings. The highest BCUT2D eigenvalue weighted by Gasteiger charge is 2.49. The monoisotopic (exact) mass is 296 g/mol. The number of hydrogen-bond acceptors (Lipinski definition) is 1. The third-order valence-electron chi connectivity index (χ3n) is 5.23. The van der Waals surface area contributed by atoms with E-state index in [1.165, 1.54) is 17.2 Å². The second-order valence-electron chi connectivity index (χ2n) is 6.79. The molecule has 21 heavy (non-hydrogen) atoms. The summed E-state index contributed by atoms with van der Waals surface area (Å²) in [6, 6.07) is 21.6. The number of aliphatic hydroxyl groups excluding tert-OH is 1. The molecule has 0 unspecified atom stereocenters. The van der Waals surface area contributed by atoms with Gasteiger partial charge in [0, 0.05) is 6.61 Å². The van der Waals surface area contributed by atoms with E-state index in [9.17, 15) is 5.11 Å².